The lowest BCUT2D eigenvalue weighted by molar-refractivity contribution is 0.891. The van der Waals surface area contributed by atoms with Crippen molar-refractivity contribution >= 4 is 27.8 Å². The Hall–Kier alpha value is -8.60. The van der Waals surface area contributed by atoms with Crippen molar-refractivity contribution in [3.8, 4) is 73.0 Å². The summed E-state index contributed by atoms with van der Waals surface area (Å²) in [5, 5.41) is 7.57. The summed E-state index contributed by atoms with van der Waals surface area (Å²) in [4.78, 5) is 7.43. The van der Waals surface area contributed by atoms with Crippen molar-refractivity contribution in [1.29, 1.82) is 0 Å². The smallest absolute Gasteiger partial charge is 0.182 e. The summed E-state index contributed by atoms with van der Waals surface area (Å²) in [6.45, 7) is 0. The van der Waals surface area contributed by atoms with Gasteiger partial charge in [-0.05, 0) is 110 Å². The summed E-state index contributed by atoms with van der Waals surface area (Å²) in [5.74, 6) is 1.47. The van der Waals surface area contributed by atoms with E-state index in [0.717, 1.165) is 62.0 Å². The van der Waals surface area contributed by atoms with Crippen LogP contribution < -0.4 is 4.90 Å². The Balaban J connectivity index is 0.922. The van der Waals surface area contributed by atoms with Crippen LogP contribution in [0.15, 0.2) is 255 Å². The van der Waals surface area contributed by atoms with Gasteiger partial charge in [0.05, 0.1) is 5.69 Å². The number of hydrogen-bond donors (Lipinski definition) is 0. The third-order valence-electron chi connectivity index (χ3n) is 11.9. The second-order valence-corrected chi connectivity index (χ2v) is 15.9. The van der Waals surface area contributed by atoms with Crippen molar-refractivity contribution < 1.29 is 0 Å². The molecule has 10 aromatic carbocycles. The first-order chi connectivity index (χ1) is 31.7. The van der Waals surface area contributed by atoms with Crippen LogP contribution in [0.4, 0.5) is 17.1 Å². The van der Waals surface area contributed by atoms with Gasteiger partial charge < -0.3 is 4.90 Å². The first-order valence-corrected chi connectivity index (χ1v) is 21.7. The first kappa shape index (κ1) is 38.3. The van der Waals surface area contributed by atoms with Crippen molar-refractivity contribution in [2.45, 2.75) is 0 Å². The van der Waals surface area contributed by atoms with E-state index in [1.54, 1.807) is 0 Å². The average Bonchev–Trinajstić information content (AvgIpc) is 3.83. The highest BCUT2D eigenvalue weighted by Gasteiger charge is 2.18. The number of rotatable bonds is 10. The minimum absolute atomic E-state index is 0.682. The van der Waals surface area contributed by atoms with E-state index in [4.69, 9.17) is 10.1 Å². The van der Waals surface area contributed by atoms with Gasteiger partial charge in [-0.3, -0.25) is 0 Å². The lowest BCUT2D eigenvalue weighted by Gasteiger charge is -2.25. The van der Waals surface area contributed by atoms with Gasteiger partial charge in [0, 0.05) is 28.2 Å². The molecule has 302 valence electrons. The average molecular weight is 819 g/mol. The molecule has 1 aromatic heterocycles. The highest BCUT2D eigenvalue weighted by atomic mass is 15.4. The zero-order valence-corrected chi connectivity index (χ0v) is 35.0. The molecule has 1 heterocycles. The SMILES string of the molecule is c1ccc(-c2nc(-c3ccc(-c4ccc5ccccc5c4)cc3)n(-c3ccc(-c4ccccc4-c4ccccc4-c4ccc(N(c5ccccc5)c5ccccc5)cc4)cc3)n2)cc1. The topological polar surface area (TPSA) is 34.0 Å². The molecule has 4 nitrogen and oxygen atoms in total. The van der Waals surface area contributed by atoms with Crippen LogP contribution in [-0.4, -0.2) is 14.8 Å². The van der Waals surface area contributed by atoms with Crippen LogP contribution in [0, 0.1) is 0 Å². The molecule has 0 aliphatic heterocycles. The van der Waals surface area contributed by atoms with Gasteiger partial charge >= 0.3 is 0 Å². The van der Waals surface area contributed by atoms with Gasteiger partial charge in [0.15, 0.2) is 11.6 Å². The van der Waals surface area contributed by atoms with E-state index >= 15 is 0 Å². The quantitative estimate of drug-likeness (QED) is 0.138. The number of hydrogen-bond acceptors (Lipinski definition) is 3. The highest BCUT2D eigenvalue weighted by Crippen LogP contribution is 2.41. The minimum Gasteiger partial charge on any atom is -0.311 e. The zero-order chi connectivity index (χ0) is 42.7. The Bertz CT molecular complexity index is 3300. The van der Waals surface area contributed by atoms with Gasteiger partial charge in [-0.15, -0.1) is 5.10 Å². The number of anilines is 3. The van der Waals surface area contributed by atoms with E-state index < -0.39 is 0 Å². The number of aromatic nitrogens is 3. The predicted octanol–water partition coefficient (Wildman–Crippen LogP) is 15.9. The number of nitrogens with zero attached hydrogens (tertiary/aromatic N) is 4. The van der Waals surface area contributed by atoms with E-state index in [1.807, 2.05) is 22.9 Å². The summed E-state index contributed by atoms with van der Waals surface area (Å²) < 4.78 is 1.97. The molecule has 0 N–H and O–H groups in total. The summed E-state index contributed by atoms with van der Waals surface area (Å²) in [6, 6.07) is 90.0. The molecule has 4 heteroatoms. The Morgan fingerprint density at radius 2 is 0.734 bits per heavy atom. The summed E-state index contributed by atoms with van der Waals surface area (Å²) in [5.41, 5.74) is 15.5. The molecule has 0 amide bonds. The van der Waals surface area contributed by atoms with Crippen molar-refractivity contribution in [1.82, 2.24) is 14.8 Å². The first-order valence-electron chi connectivity index (χ1n) is 21.7. The molecule has 0 radical (unpaired) electrons. The van der Waals surface area contributed by atoms with Gasteiger partial charge in [0.25, 0.3) is 0 Å². The molecule has 0 saturated carbocycles. The van der Waals surface area contributed by atoms with Crippen LogP contribution >= 0.6 is 0 Å². The molecule has 0 saturated heterocycles. The maximum absolute atomic E-state index is 5.14. The van der Waals surface area contributed by atoms with Crippen molar-refractivity contribution in [2.75, 3.05) is 4.90 Å². The number of benzene rings is 10. The normalized spacial score (nSPS) is 11.1. The van der Waals surface area contributed by atoms with Crippen LogP contribution in [0.1, 0.15) is 0 Å². The monoisotopic (exact) mass is 818 g/mol. The van der Waals surface area contributed by atoms with Crippen LogP contribution in [0.25, 0.3) is 83.7 Å². The molecule has 0 aliphatic carbocycles. The molecule has 11 rings (SSSR count). The third kappa shape index (κ3) is 7.55. The molecule has 0 aliphatic rings. The highest BCUT2D eigenvalue weighted by molar-refractivity contribution is 5.92. The van der Waals surface area contributed by atoms with Gasteiger partial charge in [-0.25, -0.2) is 9.67 Å². The fourth-order valence-corrected chi connectivity index (χ4v) is 8.68. The molecule has 0 fully saturated rings. The fourth-order valence-electron chi connectivity index (χ4n) is 8.68. The standard InChI is InChI=1S/C60H42N4/c1-4-17-47(18-5-1)59-61-60(48-31-28-44(29-32-48)50-33-30-43-16-10-11-19-49(43)42-50)64(62-59)54-40-36-46(37-41-54)56-25-13-15-27-58(56)57-26-14-12-24-55(57)45-34-38-53(39-35-45)63(51-20-6-2-7-21-51)52-22-8-3-9-23-52/h1-42H. The molecule has 11 aromatic rings. The zero-order valence-electron chi connectivity index (χ0n) is 35.0. The molecular formula is C60H42N4. The lowest BCUT2D eigenvalue weighted by atomic mass is 9.89. The predicted molar refractivity (Wildman–Crippen MR) is 266 cm³/mol. The molecule has 0 unspecified atom stereocenters. The summed E-state index contributed by atoms with van der Waals surface area (Å²) in [7, 11) is 0. The molecule has 0 atom stereocenters. The van der Waals surface area contributed by atoms with Crippen molar-refractivity contribution in [3.63, 3.8) is 0 Å². The van der Waals surface area contributed by atoms with Crippen LogP contribution in [0.2, 0.25) is 0 Å². The maximum Gasteiger partial charge on any atom is 0.182 e. The Morgan fingerprint density at radius 3 is 1.33 bits per heavy atom. The fraction of sp³-hybridized carbons (Fsp3) is 0. The van der Waals surface area contributed by atoms with E-state index in [2.05, 4.69) is 241 Å². The van der Waals surface area contributed by atoms with Crippen LogP contribution in [0.3, 0.4) is 0 Å². The molecule has 0 spiro atoms. The van der Waals surface area contributed by atoms with Crippen LogP contribution in [-0.2, 0) is 0 Å². The van der Waals surface area contributed by atoms with E-state index in [-0.39, 0.29) is 0 Å². The second-order valence-electron chi connectivity index (χ2n) is 15.9. The minimum atomic E-state index is 0.682. The van der Waals surface area contributed by atoms with Crippen molar-refractivity contribution in [2.24, 2.45) is 0 Å². The van der Waals surface area contributed by atoms with E-state index in [1.165, 1.54) is 33.0 Å². The Labute approximate surface area is 373 Å². The van der Waals surface area contributed by atoms with Crippen LogP contribution in [0.5, 0.6) is 0 Å². The maximum atomic E-state index is 5.14. The third-order valence-corrected chi connectivity index (χ3v) is 11.9. The van der Waals surface area contributed by atoms with E-state index in [9.17, 15) is 0 Å². The Kier molecular flexibility index (Phi) is 10.2. The largest absolute Gasteiger partial charge is 0.311 e. The summed E-state index contributed by atoms with van der Waals surface area (Å²) in [6.07, 6.45) is 0. The van der Waals surface area contributed by atoms with Gasteiger partial charge in [-0.2, -0.15) is 0 Å². The summed E-state index contributed by atoms with van der Waals surface area (Å²) >= 11 is 0. The van der Waals surface area contributed by atoms with Gasteiger partial charge in [0.2, 0.25) is 0 Å². The Morgan fingerprint density at radius 1 is 0.297 bits per heavy atom. The lowest BCUT2D eigenvalue weighted by Crippen LogP contribution is -2.09. The molecule has 64 heavy (non-hydrogen) atoms. The second kappa shape index (κ2) is 17.0. The van der Waals surface area contributed by atoms with E-state index in [0.29, 0.717) is 5.82 Å². The van der Waals surface area contributed by atoms with Crippen molar-refractivity contribution in [3.05, 3.63) is 255 Å². The number of fused-ring (bicyclic) bond motifs is 1. The molecular weight excluding hydrogens is 777 g/mol. The number of para-hydroxylation sites is 2. The van der Waals surface area contributed by atoms with Gasteiger partial charge in [0.1, 0.15) is 0 Å². The van der Waals surface area contributed by atoms with Gasteiger partial charge in [-0.1, -0.05) is 200 Å². The molecule has 0 bridgehead atoms.